The molecule has 1 aromatic carbocycles. The topological polar surface area (TPSA) is 85.7 Å². The van der Waals surface area contributed by atoms with Crippen molar-refractivity contribution in [2.75, 3.05) is 19.7 Å². The quantitative estimate of drug-likeness (QED) is 0.438. The van der Waals surface area contributed by atoms with Crippen LogP contribution in [0.5, 0.6) is 0 Å². The summed E-state index contributed by atoms with van der Waals surface area (Å²) in [4.78, 5) is 24.8. The fraction of sp³-hybridized carbons (Fsp3) is 0.455. The SMILES string of the molecule is Cc1cc(C(=O)COC(=O)c2ccc(S(=O)(=O)N3CCCCC3)cc2)c(C)n1CC(F)(F)F. The second kappa shape index (κ2) is 9.68. The number of hydrogen-bond acceptors (Lipinski definition) is 5. The first-order valence-corrected chi connectivity index (χ1v) is 11.9. The first kappa shape index (κ1) is 25.0. The highest BCUT2D eigenvalue weighted by molar-refractivity contribution is 7.89. The molecule has 1 fully saturated rings. The van der Waals surface area contributed by atoms with Crippen molar-refractivity contribution >= 4 is 21.8 Å². The normalized spacial score (nSPS) is 15.4. The van der Waals surface area contributed by atoms with Crippen LogP contribution in [0.4, 0.5) is 13.2 Å². The smallest absolute Gasteiger partial charge is 0.406 e. The van der Waals surface area contributed by atoms with Crippen LogP contribution in [0.2, 0.25) is 0 Å². The maximum absolute atomic E-state index is 12.7. The molecule has 0 radical (unpaired) electrons. The molecule has 1 aliphatic rings. The number of benzene rings is 1. The van der Waals surface area contributed by atoms with Gasteiger partial charge in [0.2, 0.25) is 15.8 Å². The Morgan fingerprint density at radius 1 is 1.03 bits per heavy atom. The average molecular weight is 487 g/mol. The van der Waals surface area contributed by atoms with Crippen molar-refractivity contribution < 1.29 is 35.9 Å². The maximum atomic E-state index is 12.7. The number of carbonyl (C=O) groups excluding carboxylic acids is 2. The molecule has 0 atom stereocenters. The van der Waals surface area contributed by atoms with Gasteiger partial charge >= 0.3 is 12.1 Å². The molecule has 0 aliphatic carbocycles. The van der Waals surface area contributed by atoms with E-state index in [9.17, 15) is 31.2 Å². The largest absolute Gasteiger partial charge is 0.454 e. The van der Waals surface area contributed by atoms with Crippen molar-refractivity contribution in [1.29, 1.82) is 0 Å². The molecule has 1 saturated heterocycles. The summed E-state index contributed by atoms with van der Waals surface area (Å²) in [5.74, 6) is -1.47. The Morgan fingerprint density at radius 3 is 2.21 bits per heavy atom. The number of aromatic nitrogens is 1. The Balaban J connectivity index is 1.64. The number of rotatable bonds is 7. The van der Waals surface area contributed by atoms with E-state index in [2.05, 4.69) is 0 Å². The number of halogens is 3. The number of aryl methyl sites for hydroxylation is 1. The van der Waals surface area contributed by atoms with E-state index in [-0.39, 0.29) is 27.4 Å². The van der Waals surface area contributed by atoms with E-state index in [1.165, 1.54) is 48.5 Å². The van der Waals surface area contributed by atoms with E-state index < -0.39 is 41.1 Å². The van der Waals surface area contributed by atoms with E-state index in [1.807, 2.05) is 0 Å². The Labute approximate surface area is 190 Å². The first-order valence-electron chi connectivity index (χ1n) is 10.4. The van der Waals surface area contributed by atoms with Crippen LogP contribution in [0.1, 0.15) is 51.4 Å². The van der Waals surface area contributed by atoms with Gasteiger partial charge < -0.3 is 9.30 Å². The van der Waals surface area contributed by atoms with Gasteiger partial charge in [0.25, 0.3) is 0 Å². The molecule has 3 rings (SSSR count). The zero-order valence-corrected chi connectivity index (χ0v) is 19.1. The average Bonchev–Trinajstić information content (AvgIpc) is 3.05. The number of nitrogens with zero attached hydrogens (tertiary/aromatic N) is 2. The highest BCUT2D eigenvalue weighted by Gasteiger charge is 2.30. The van der Waals surface area contributed by atoms with Gasteiger partial charge in [0.05, 0.1) is 10.5 Å². The summed E-state index contributed by atoms with van der Waals surface area (Å²) in [6.45, 7) is 1.90. The van der Waals surface area contributed by atoms with E-state index in [0.29, 0.717) is 13.1 Å². The molecule has 1 aromatic heterocycles. The van der Waals surface area contributed by atoms with Gasteiger partial charge in [-0.2, -0.15) is 17.5 Å². The molecular formula is C22H25F3N2O5S. The molecule has 33 heavy (non-hydrogen) atoms. The Morgan fingerprint density at radius 2 is 1.64 bits per heavy atom. The second-order valence-corrected chi connectivity index (χ2v) is 9.91. The summed E-state index contributed by atoms with van der Waals surface area (Å²) in [6.07, 6.45) is -1.84. The third-order valence-corrected chi connectivity index (χ3v) is 7.50. The Kier molecular flexibility index (Phi) is 7.32. The van der Waals surface area contributed by atoms with E-state index in [1.54, 1.807) is 0 Å². The number of carbonyl (C=O) groups is 2. The van der Waals surface area contributed by atoms with Gasteiger partial charge in [-0.25, -0.2) is 13.2 Å². The lowest BCUT2D eigenvalue weighted by atomic mass is 10.1. The summed E-state index contributed by atoms with van der Waals surface area (Å²) in [6, 6.07) is 6.56. The van der Waals surface area contributed by atoms with E-state index in [0.717, 1.165) is 23.8 Å². The fourth-order valence-corrected chi connectivity index (χ4v) is 5.33. The predicted molar refractivity (Wildman–Crippen MR) is 114 cm³/mol. The van der Waals surface area contributed by atoms with Gasteiger partial charge in [-0.1, -0.05) is 6.42 Å². The fourth-order valence-electron chi connectivity index (χ4n) is 3.82. The first-order chi connectivity index (χ1) is 15.4. The minimum atomic E-state index is -4.44. The molecule has 0 bridgehead atoms. The number of sulfonamides is 1. The molecule has 7 nitrogen and oxygen atoms in total. The molecule has 1 aliphatic heterocycles. The zero-order chi connectivity index (χ0) is 24.4. The zero-order valence-electron chi connectivity index (χ0n) is 18.3. The maximum Gasteiger partial charge on any atom is 0.406 e. The summed E-state index contributed by atoms with van der Waals surface area (Å²) >= 11 is 0. The van der Waals surface area contributed by atoms with Crippen molar-refractivity contribution in [3.8, 4) is 0 Å². The van der Waals surface area contributed by atoms with E-state index in [4.69, 9.17) is 4.74 Å². The molecular weight excluding hydrogens is 461 g/mol. The molecule has 0 unspecified atom stereocenters. The number of hydrogen-bond donors (Lipinski definition) is 0. The number of piperidine rings is 1. The van der Waals surface area contributed by atoms with Gasteiger partial charge in [-0.05, 0) is 57.0 Å². The van der Waals surface area contributed by atoms with Crippen molar-refractivity contribution in [3.05, 3.63) is 52.8 Å². The number of alkyl halides is 3. The third-order valence-electron chi connectivity index (χ3n) is 5.59. The standard InChI is InChI=1S/C22H25F3N2O5S/c1-15-12-19(16(2)27(15)14-22(23,24)25)20(28)13-32-21(29)17-6-8-18(9-7-17)33(30,31)26-10-4-3-5-11-26/h6-9,12H,3-5,10-11,13-14H2,1-2H3. The number of ether oxygens (including phenoxy) is 1. The van der Waals surface area contributed by atoms with Crippen LogP contribution in [-0.4, -0.2) is 54.9 Å². The van der Waals surface area contributed by atoms with Crippen LogP contribution >= 0.6 is 0 Å². The number of Topliss-reactive ketones (excluding diaryl/α,β-unsaturated/α-hetero) is 1. The van der Waals surface area contributed by atoms with Crippen LogP contribution in [0.25, 0.3) is 0 Å². The summed E-state index contributed by atoms with van der Waals surface area (Å²) < 4.78 is 71.0. The third kappa shape index (κ3) is 5.83. The van der Waals surface area contributed by atoms with Crippen molar-refractivity contribution in [2.24, 2.45) is 0 Å². The summed E-state index contributed by atoms with van der Waals surface area (Å²) in [5.41, 5.74) is 0.513. The highest BCUT2D eigenvalue weighted by Crippen LogP contribution is 2.24. The minimum absolute atomic E-state index is 0.0486. The van der Waals surface area contributed by atoms with Gasteiger partial charge in [-0.15, -0.1) is 0 Å². The minimum Gasteiger partial charge on any atom is -0.454 e. The van der Waals surface area contributed by atoms with Gasteiger partial charge in [0.1, 0.15) is 6.54 Å². The Hall–Kier alpha value is -2.66. The lowest BCUT2D eigenvalue weighted by Gasteiger charge is -2.25. The molecule has 2 aromatic rings. The Bertz CT molecular complexity index is 1130. The lowest BCUT2D eigenvalue weighted by molar-refractivity contribution is -0.141. The lowest BCUT2D eigenvalue weighted by Crippen LogP contribution is -2.35. The van der Waals surface area contributed by atoms with Crippen LogP contribution < -0.4 is 0 Å². The summed E-state index contributed by atoms with van der Waals surface area (Å²) in [7, 11) is -3.64. The van der Waals surface area contributed by atoms with Crippen LogP contribution in [0, 0.1) is 13.8 Å². The van der Waals surface area contributed by atoms with Gasteiger partial charge in [-0.3, -0.25) is 4.79 Å². The van der Waals surface area contributed by atoms with Crippen molar-refractivity contribution in [2.45, 2.75) is 50.7 Å². The molecule has 0 amide bonds. The molecule has 0 N–H and O–H groups in total. The number of ketones is 1. The number of esters is 1. The molecule has 2 heterocycles. The van der Waals surface area contributed by atoms with Gasteiger partial charge in [0, 0.05) is 30.0 Å². The van der Waals surface area contributed by atoms with Gasteiger partial charge in [0.15, 0.2) is 6.61 Å². The molecule has 0 saturated carbocycles. The molecule has 0 spiro atoms. The van der Waals surface area contributed by atoms with Crippen LogP contribution in [-0.2, 0) is 21.3 Å². The van der Waals surface area contributed by atoms with Crippen molar-refractivity contribution in [1.82, 2.24) is 8.87 Å². The van der Waals surface area contributed by atoms with Crippen LogP contribution in [0.15, 0.2) is 35.2 Å². The monoisotopic (exact) mass is 486 g/mol. The second-order valence-electron chi connectivity index (χ2n) is 7.97. The highest BCUT2D eigenvalue weighted by atomic mass is 32.2. The summed E-state index contributed by atoms with van der Waals surface area (Å²) in [5, 5.41) is 0. The molecule has 180 valence electrons. The molecule has 11 heteroatoms. The van der Waals surface area contributed by atoms with Crippen LogP contribution in [0.3, 0.4) is 0 Å². The van der Waals surface area contributed by atoms with Crippen molar-refractivity contribution in [3.63, 3.8) is 0 Å². The predicted octanol–water partition coefficient (Wildman–Crippen LogP) is 3.88. The van der Waals surface area contributed by atoms with E-state index >= 15 is 0 Å².